The molecule has 0 saturated heterocycles. The fourth-order valence-electron chi connectivity index (χ4n) is 1.98. The summed E-state index contributed by atoms with van der Waals surface area (Å²) in [5.74, 6) is 0.421. The second kappa shape index (κ2) is 4.56. The van der Waals surface area contributed by atoms with Crippen molar-refractivity contribution in [2.24, 2.45) is 0 Å². The molecule has 0 aliphatic heterocycles. The summed E-state index contributed by atoms with van der Waals surface area (Å²) in [6.45, 7) is 2.06. The molecular formula is C13H12N4O2. The maximum Gasteiger partial charge on any atom is 0.412 e. The lowest BCUT2D eigenvalue weighted by Gasteiger charge is -2.07. The molecule has 6 heteroatoms. The highest BCUT2D eigenvalue weighted by Gasteiger charge is 2.12. The standard InChI is InChI=1S/C13H12N4O2/c1-2-19-13(18)17-12-11-10(14-7-15-11)8-5-3-4-6-9(8)16-12/h3-7H,2H2,1H3,(H,14,15)(H,16,17,18). The Morgan fingerprint density at radius 2 is 2.26 bits per heavy atom. The highest BCUT2D eigenvalue weighted by atomic mass is 16.5. The van der Waals surface area contributed by atoms with E-state index < -0.39 is 6.09 Å². The smallest absolute Gasteiger partial charge is 0.412 e. The van der Waals surface area contributed by atoms with Crippen LogP contribution in [0.4, 0.5) is 10.6 Å². The number of aromatic nitrogens is 3. The number of imidazole rings is 1. The van der Waals surface area contributed by atoms with Crippen LogP contribution in [0.2, 0.25) is 0 Å². The molecule has 0 bridgehead atoms. The Morgan fingerprint density at radius 3 is 3.11 bits per heavy atom. The number of anilines is 1. The van der Waals surface area contributed by atoms with Gasteiger partial charge in [-0.25, -0.2) is 14.8 Å². The van der Waals surface area contributed by atoms with Gasteiger partial charge in [-0.3, -0.25) is 5.32 Å². The van der Waals surface area contributed by atoms with Crippen molar-refractivity contribution in [3.63, 3.8) is 0 Å². The minimum atomic E-state index is -0.527. The lowest BCUT2D eigenvalue weighted by atomic mass is 10.2. The first kappa shape index (κ1) is 11.5. The third kappa shape index (κ3) is 1.97. The Morgan fingerprint density at radius 1 is 1.42 bits per heavy atom. The van der Waals surface area contributed by atoms with Crippen LogP contribution in [0.25, 0.3) is 21.9 Å². The van der Waals surface area contributed by atoms with Gasteiger partial charge in [-0.1, -0.05) is 18.2 Å². The van der Waals surface area contributed by atoms with Gasteiger partial charge in [-0.2, -0.15) is 0 Å². The minimum Gasteiger partial charge on any atom is -0.450 e. The number of nitrogens with one attached hydrogen (secondary N) is 2. The number of carbonyl (C=O) groups is 1. The third-order valence-corrected chi connectivity index (χ3v) is 2.76. The number of H-pyrrole nitrogens is 1. The summed E-state index contributed by atoms with van der Waals surface area (Å²) in [7, 11) is 0. The maximum absolute atomic E-state index is 11.5. The van der Waals surface area contributed by atoms with Crippen molar-refractivity contribution in [3.05, 3.63) is 30.6 Å². The van der Waals surface area contributed by atoms with Gasteiger partial charge in [0.15, 0.2) is 5.82 Å². The van der Waals surface area contributed by atoms with Crippen molar-refractivity contribution in [1.29, 1.82) is 0 Å². The Bertz CT molecular complexity index is 751. The number of fused-ring (bicyclic) bond motifs is 3. The second-order valence-electron chi connectivity index (χ2n) is 3.95. The van der Waals surface area contributed by atoms with E-state index in [2.05, 4.69) is 20.3 Å². The van der Waals surface area contributed by atoms with E-state index in [1.165, 1.54) is 0 Å². The van der Waals surface area contributed by atoms with Crippen molar-refractivity contribution < 1.29 is 9.53 Å². The van der Waals surface area contributed by atoms with Crippen LogP contribution in [0.15, 0.2) is 30.6 Å². The lowest BCUT2D eigenvalue weighted by Crippen LogP contribution is -2.14. The Labute approximate surface area is 108 Å². The SMILES string of the molecule is CCOC(=O)Nc1nc2ccccc2c2nc[nH]c12. The minimum absolute atomic E-state index is 0.311. The fraction of sp³-hybridized carbons (Fsp3) is 0.154. The molecule has 0 unspecified atom stereocenters. The summed E-state index contributed by atoms with van der Waals surface area (Å²) in [6.07, 6.45) is 1.05. The number of hydrogen-bond acceptors (Lipinski definition) is 4. The molecule has 0 aliphatic carbocycles. The Balaban J connectivity index is 2.16. The van der Waals surface area contributed by atoms with Gasteiger partial charge in [0.1, 0.15) is 11.0 Å². The zero-order valence-corrected chi connectivity index (χ0v) is 10.3. The molecule has 0 radical (unpaired) electrons. The molecule has 3 rings (SSSR count). The number of amides is 1. The number of rotatable bonds is 2. The first-order chi connectivity index (χ1) is 9.29. The highest BCUT2D eigenvalue weighted by molar-refractivity contribution is 6.08. The van der Waals surface area contributed by atoms with Crippen LogP contribution in [-0.4, -0.2) is 27.7 Å². The molecule has 0 atom stereocenters. The van der Waals surface area contributed by atoms with Crippen molar-refractivity contribution >= 4 is 33.8 Å². The molecule has 3 aromatic rings. The van der Waals surface area contributed by atoms with Crippen molar-refractivity contribution in [2.75, 3.05) is 11.9 Å². The average Bonchev–Trinajstić information content (AvgIpc) is 2.89. The van der Waals surface area contributed by atoms with Gasteiger partial charge in [0.25, 0.3) is 0 Å². The molecule has 2 aromatic heterocycles. The number of hydrogen-bond donors (Lipinski definition) is 2. The number of nitrogens with zero attached hydrogens (tertiary/aromatic N) is 2. The van der Waals surface area contributed by atoms with E-state index in [1.54, 1.807) is 13.3 Å². The van der Waals surface area contributed by atoms with Crippen LogP contribution in [-0.2, 0) is 4.74 Å². The van der Waals surface area contributed by atoms with Gasteiger partial charge in [-0.05, 0) is 13.0 Å². The molecule has 0 fully saturated rings. The predicted octanol–water partition coefficient (Wildman–Crippen LogP) is 2.68. The number of benzene rings is 1. The van der Waals surface area contributed by atoms with E-state index in [0.717, 1.165) is 16.4 Å². The van der Waals surface area contributed by atoms with Crippen LogP contribution in [0.3, 0.4) is 0 Å². The van der Waals surface area contributed by atoms with Gasteiger partial charge < -0.3 is 9.72 Å². The van der Waals surface area contributed by atoms with Gasteiger partial charge >= 0.3 is 6.09 Å². The molecular weight excluding hydrogens is 244 g/mol. The largest absolute Gasteiger partial charge is 0.450 e. The molecule has 0 aliphatic rings. The normalized spacial score (nSPS) is 10.8. The second-order valence-corrected chi connectivity index (χ2v) is 3.95. The number of carbonyl (C=O) groups excluding carboxylic acids is 1. The molecule has 1 amide bonds. The zero-order chi connectivity index (χ0) is 13.2. The summed E-state index contributed by atoms with van der Waals surface area (Å²) in [5, 5.41) is 3.56. The fourth-order valence-corrected chi connectivity index (χ4v) is 1.98. The Hall–Kier alpha value is -2.63. The third-order valence-electron chi connectivity index (χ3n) is 2.76. The van der Waals surface area contributed by atoms with Crippen LogP contribution < -0.4 is 5.32 Å². The topological polar surface area (TPSA) is 79.9 Å². The summed E-state index contributed by atoms with van der Waals surface area (Å²) >= 11 is 0. The van der Waals surface area contributed by atoms with E-state index in [-0.39, 0.29) is 0 Å². The summed E-state index contributed by atoms with van der Waals surface area (Å²) in [6, 6.07) is 7.64. The van der Waals surface area contributed by atoms with E-state index in [9.17, 15) is 4.79 Å². The maximum atomic E-state index is 11.5. The van der Waals surface area contributed by atoms with Crippen molar-refractivity contribution in [1.82, 2.24) is 15.0 Å². The molecule has 2 heterocycles. The summed E-state index contributed by atoms with van der Waals surface area (Å²) in [5.41, 5.74) is 2.23. The monoisotopic (exact) mass is 256 g/mol. The molecule has 96 valence electrons. The number of para-hydroxylation sites is 1. The van der Waals surface area contributed by atoms with E-state index in [4.69, 9.17) is 4.74 Å². The molecule has 19 heavy (non-hydrogen) atoms. The van der Waals surface area contributed by atoms with Gasteiger partial charge in [0, 0.05) is 5.39 Å². The number of pyridine rings is 1. The molecule has 6 nitrogen and oxygen atoms in total. The van der Waals surface area contributed by atoms with E-state index in [1.807, 2.05) is 24.3 Å². The highest BCUT2D eigenvalue weighted by Crippen LogP contribution is 2.26. The first-order valence-corrected chi connectivity index (χ1v) is 5.95. The lowest BCUT2D eigenvalue weighted by molar-refractivity contribution is 0.168. The van der Waals surface area contributed by atoms with Gasteiger partial charge in [-0.15, -0.1) is 0 Å². The predicted molar refractivity (Wildman–Crippen MR) is 72.0 cm³/mol. The van der Waals surface area contributed by atoms with Crippen LogP contribution >= 0.6 is 0 Å². The molecule has 1 aromatic carbocycles. The van der Waals surface area contributed by atoms with E-state index in [0.29, 0.717) is 17.9 Å². The van der Waals surface area contributed by atoms with Crippen molar-refractivity contribution in [3.8, 4) is 0 Å². The van der Waals surface area contributed by atoms with Gasteiger partial charge in [0.2, 0.25) is 0 Å². The van der Waals surface area contributed by atoms with Crippen molar-refractivity contribution in [2.45, 2.75) is 6.92 Å². The van der Waals surface area contributed by atoms with Crippen LogP contribution in [0.1, 0.15) is 6.92 Å². The number of ether oxygens (including phenoxy) is 1. The van der Waals surface area contributed by atoms with Crippen LogP contribution in [0, 0.1) is 0 Å². The summed E-state index contributed by atoms with van der Waals surface area (Å²) < 4.78 is 4.86. The molecule has 0 saturated carbocycles. The van der Waals surface area contributed by atoms with E-state index >= 15 is 0 Å². The molecule has 2 N–H and O–H groups in total. The summed E-state index contributed by atoms with van der Waals surface area (Å²) in [4.78, 5) is 23.2. The average molecular weight is 256 g/mol. The number of aromatic amines is 1. The van der Waals surface area contributed by atoms with Gasteiger partial charge in [0.05, 0.1) is 18.5 Å². The quantitative estimate of drug-likeness (QED) is 0.738. The van der Waals surface area contributed by atoms with Crippen LogP contribution in [0.5, 0.6) is 0 Å². The first-order valence-electron chi connectivity index (χ1n) is 5.95. The molecule has 0 spiro atoms. The zero-order valence-electron chi connectivity index (χ0n) is 10.3. The Kier molecular flexibility index (Phi) is 2.75.